The van der Waals surface area contributed by atoms with E-state index in [1.165, 1.54) is 12.5 Å². The largest absolute Gasteiger partial charge is 0.468 e. The van der Waals surface area contributed by atoms with Crippen molar-refractivity contribution in [2.45, 2.75) is 0 Å². The van der Waals surface area contributed by atoms with Crippen molar-refractivity contribution in [3.8, 4) is 0 Å². The number of esters is 1. The number of carbonyl (C=O) groups excluding carboxylic acids is 2. The van der Waals surface area contributed by atoms with Crippen LogP contribution >= 0.6 is 11.5 Å². The van der Waals surface area contributed by atoms with Gasteiger partial charge in [-0.3, -0.25) is 9.59 Å². The van der Waals surface area contributed by atoms with E-state index in [1.807, 2.05) is 0 Å². The highest BCUT2D eigenvalue weighted by atomic mass is 32.1. The van der Waals surface area contributed by atoms with Gasteiger partial charge >= 0.3 is 5.97 Å². The molecule has 1 rings (SSSR count). The fourth-order valence-electron chi connectivity index (χ4n) is 0.579. The van der Waals surface area contributed by atoms with Gasteiger partial charge in [0.25, 0.3) is 5.91 Å². The molecule has 0 fully saturated rings. The van der Waals surface area contributed by atoms with Gasteiger partial charge in [0.05, 0.1) is 7.11 Å². The van der Waals surface area contributed by atoms with Crippen LogP contribution in [-0.2, 0) is 9.53 Å². The molecule has 0 radical (unpaired) electrons. The maximum Gasteiger partial charge on any atom is 0.325 e. The van der Waals surface area contributed by atoms with Gasteiger partial charge < -0.3 is 10.1 Å². The Balaban J connectivity index is 2.39. The van der Waals surface area contributed by atoms with E-state index < -0.39 is 11.9 Å². The molecule has 1 amide bonds. The van der Waals surface area contributed by atoms with E-state index >= 15 is 0 Å². The fraction of sp³-hybridized carbons (Fsp3) is 0.333. The maximum absolute atomic E-state index is 11.1. The van der Waals surface area contributed by atoms with Gasteiger partial charge in [-0.15, -0.1) is 5.10 Å². The summed E-state index contributed by atoms with van der Waals surface area (Å²) in [4.78, 5) is 21.7. The Labute approximate surface area is 78.1 Å². The third-order valence-corrected chi connectivity index (χ3v) is 1.72. The molecule has 0 spiro atoms. The van der Waals surface area contributed by atoms with Gasteiger partial charge in [-0.05, 0) is 11.5 Å². The van der Waals surface area contributed by atoms with Crippen LogP contribution in [0.1, 0.15) is 10.5 Å². The lowest BCUT2D eigenvalue weighted by Crippen LogP contribution is -2.30. The van der Waals surface area contributed by atoms with Gasteiger partial charge in [-0.1, -0.05) is 4.49 Å². The molecule has 0 atom stereocenters. The summed E-state index contributed by atoms with van der Waals surface area (Å²) >= 11 is 1.07. The van der Waals surface area contributed by atoms with Gasteiger partial charge in [-0.25, -0.2) is 0 Å². The predicted octanol–water partition coefficient (Wildman–Crippen LogP) is -0.559. The van der Waals surface area contributed by atoms with Gasteiger partial charge in [0.15, 0.2) is 5.69 Å². The number of nitrogens with zero attached hydrogens (tertiary/aromatic N) is 2. The van der Waals surface area contributed by atoms with Gasteiger partial charge in [0.2, 0.25) is 0 Å². The molecule has 1 N–H and O–H groups in total. The molecule has 0 unspecified atom stereocenters. The molecule has 0 saturated carbocycles. The van der Waals surface area contributed by atoms with Gasteiger partial charge in [0, 0.05) is 5.38 Å². The molecular weight excluding hydrogens is 194 g/mol. The smallest absolute Gasteiger partial charge is 0.325 e. The second-order valence-electron chi connectivity index (χ2n) is 2.05. The van der Waals surface area contributed by atoms with Crippen molar-refractivity contribution in [2.24, 2.45) is 0 Å². The van der Waals surface area contributed by atoms with E-state index in [9.17, 15) is 9.59 Å². The van der Waals surface area contributed by atoms with Crippen LogP contribution in [0.4, 0.5) is 0 Å². The van der Waals surface area contributed by atoms with E-state index in [4.69, 9.17) is 0 Å². The Morgan fingerprint density at radius 1 is 1.69 bits per heavy atom. The summed E-state index contributed by atoms with van der Waals surface area (Å²) in [5, 5.41) is 7.34. The van der Waals surface area contributed by atoms with Crippen molar-refractivity contribution in [2.75, 3.05) is 13.7 Å². The number of aromatic nitrogens is 2. The van der Waals surface area contributed by atoms with Crippen molar-refractivity contribution in [1.29, 1.82) is 0 Å². The zero-order valence-corrected chi connectivity index (χ0v) is 7.63. The molecule has 0 aliphatic heterocycles. The van der Waals surface area contributed by atoms with Gasteiger partial charge in [-0.2, -0.15) is 0 Å². The molecule has 6 nitrogen and oxygen atoms in total. The molecule has 0 aromatic carbocycles. The molecule has 1 aromatic rings. The summed E-state index contributed by atoms with van der Waals surface area (Å²) in [6.45, 7) is -0.160. The fourth-order valence-corrected chi connectivity index (χ4v) is 1.01. The van der Waals surface area contributed by atoms with E-state index in [0.717, 1.165) is 11.5 Å². The number of carbonyl (C=O) groups is 2. The number of hydrogen-bond acceptors (Lipinski definition) is 6. The average Bonchev–Trinajstić information content (AvgIpc) is 2.66. The van der Waals surface area contributed by atoms with Crippen LogP contribution in [0.2, 0.25) is 0 Å². The SMILES string of the molecule is COC(=O)CNC(=O)c1csnn1. The van der Waals surface area contributed by atoms with Crippen LogP contribution in [-0.4, -0.2) is 35.1 Å². The second kappa shape index (κ2) is 4.51. The van der Waals surface area contributed by atoms with Crippen molar-refractivity contribution in [3.05, 3.63) is 11.1 Å². The van der Waals surface area contributed by atoms with Crippen molar-refractivity contribution >= 4 is 23.4 Å². The number of rotatable bonds is 3. The maximum atomic E-state index is 11.1. The number of ether oxygens (including phenoxy) is 1. The van der Waals surface area contributed by atoms with Crippen molar-refractivity contribution < 1.29 is 14.3 Å². The molecule has 0 aliphatic carbocycles. The van der Waals surface area contributed by atoms with Crippen LogP contribution in [0.3, 0.4) is 0 Å². The molecule has 7 heteroatoms. The van der Waals surface area contributed by atoms with E-state index in [2.05, 4.69) is 19.6 Å². The van der Waals surface area contributed by atoms with E-state index in [1.54, 1.807) is 0 Å². The number of methoxy groups -OCH3 is 1. The Morgan fingerprint density at radius 3 is 3.00 bits per heavy atom. The molecule has 70 valence electrons. The molecule has 0 saturated heterocycles. The minimum Gasteiger partial charge on any atom is -0.468 e. The zero-order chi connectivity index (χ0) is 9.68. The van der Waals surface area contributed by atoms with E-state index in [-0.39, 0.29) is 12.2 Å². The molecular formula is C6H7N3O3S. The van der Waals surface area contributed by atoms with Gasteiger partial charge in [0.1, 0.15) is 6.54 Å². The quantitative estimate of drug-likeness (QED) is 0.663. The minimum atomic E-state index is -0.503. The third kappa shape index (κ3) is 2.79. The highest BCUT2D eigenvalue weighted by Gasteiger charge is 2.09. The number of hydrogen-bond donors (Lipinski definition) is 1. The third-order valence-electron chi connectivity index (χ3n) is 1.21. The first-order valence-corrected chi connectivity index (χ1v) is 4.19. The Morgan fingerprint density at radius 2 is 2.46 bits per heavy atom. The topological polar surface area (TPSA) is 81.2 Å². The van der Waals surface area contributed by atoms with E-state index in [0.29, 0.717) is 0 Å². The summed E-state index contributed by atoms with van der Waals surface area (Å²) in [6.07, 6.45) is 0. The first-order chi connectivity index (χ1) is 6.24. The van der Waals surface area contributed by atoms with Crippen LogP contribution < -0.4 is 5.32 Å². The monoisotopic (exact) mass is 201 g/mol. The van der Waals surface area contributed by atoms with Crippen LogP contribution in [0.5, 0.6) is 0 Å². The summed E-state index contributed by atoms with van der Waals surface area (Å²) < 4.78 is 7.84. The first kappa shape index (κ1) is 9.59. The molecule has 0 bridgehead atoms. The standard InChI is InChI=1S/C6H7N3O3S/c1-12-5(10)2-7-6(11)4-3-13-9-8-4/h3H,2H2,1H3,(H,7,11). The molecule has 1 aromatic heterocycles. The Bertz CT molecular complexity index is 298. The Hall–Kier alpha value is -1.50. The zero-order valence-electron chi connectivity index (χ0n) is 6.81. The van der Waals surface area contributed by atoms with Crippen LogP contribution in [0.25, 0.3) is 0 Å². The average molecular weight is 201 g/mol. The summed E-state index contributed by atoms with van der Waals surface area (Å²) in [5.74, 6) is -0.935. The summed E-state index contributed by atoms with van der Waals surface area (Å²) in [7, 11) is 1.25. The Kier molecular flexibility index (Phi) is 3.32. The summed E-state index contributed by atoms with van der Waals surface area (Å²) in [5.41, 5.74) is 0.203. The first-order valence-electron chi connectivity index (χ1n) is 3.36. The molecule has 1 heterocycles. The highest BCUT2D eigenvalue weighted by Crippen LogP contribution is 1.95. The number of amides is 1. The summed E-state index contributed by atoms with van der Waals surface area (Å²) in [6, 6.07) is 0. The normalized spacial score (nSPS) is 9.31. The van der Waals surface area contributed by atoms with Crippen molar-refractivity contribution in [3.63, 3.8) is 0 Å². The molecule has 13 heavy (non-hydrogen) atoms. The lowest BCUT2D eigenvalue weighted by Gasteiger charge is -1.99. The van der Waals surface area contributed by atoms with Crippen molar-refractivity contribution in [1.82, 2.24) is 14.9 Å². The predicted molar refractivity (Wildman–Crippen MR) is 44.3 cm³/mol. The molecule has 0 aliphatic rings. The van der Waals surface area contributed by atoms with Crippen LogP contribution in [0, 0.1) is 0 Å². The van der Waals surface area contributed by atoms with Crippen LogP contribution in [0.15, 0.2) is 5.38 Å². The lowest BCUT2D eigenvalue weighted by atomic mass is 10.4. The lowest BCUT2D eigenvalue weighted by molar-refractivity contribution is -0.139. The second-order valence-corrected chi connectivity index (χ2v) is 2.66. The minimum absolute atomic E-state index is 0.160. The number of nitrogens with one attached hydrogen (secondary N) is 1. The highest BCUT2D eigenvalue weighted by molar-refractivity contribution is 7.03.